The molecule has 8 nitrogen and oxygen atoms in total. The molecule has 1 spiro atoms. The molecule has 2 aromatic rings. The zero-order chi connectivity index (χ0) is 25.9. The Morgan fingerprint density at radius 1 is 1.11 bits per heavy atom. The first kappa shape index (κ1) is 26.0. The predicted octanol–water partition coefficient (Wildman–Crippen LogP) is 3.99. The summed E-state index contributed by atoms with van der Waals surface area (Å²) in [6.07, 6.45) is 6.91. The van der Waals surface area contributed by atoms with Crippen molar-refractivity contribution < 1.29 is 27.4 Å². The summed E-state index contributed by atoms with van der Waals surface area (Å²) in [5.74, 6) is 1.37. The van der Waals surface area contributed by atoms with Crippen molar-refractivity contribution in [1.82, 2.24) is 9.62 Å². The lowest BCUT2D eigenvalue weighted by molar-refractivity contribution is -0.122. The minimum atomic E-state index is -3.64. The van der Waals surface area contributed by atoms with E-state index in [1.807, 2.05) is 24.3 Å². The fourth-order valence-corrected chi connectivity index (χ4v) is 7.27. The zero-order valence-corrected chi connectivity index (χ0v) is 22.2. The van der Waals surface area contributed by atoms with E-state index in [0.29, 0.717) is 44.0 Å². The van der Waals surface area contributed by atoms with Gasteiger partial charge in [0.25, 0.3) is 0 Å². The summed E-state index contributed by atoms with van der Waals surface area (Å²) in [5.41, 5.74) is 1.50. The van der Waals surface area contributed by atoms with Crippen LogP contribution in [0.1, 0.15) is 62.1 Å². The minimum absolute atomic E-state index is 0.0730. The molecule has 3 aliphatic rings. The average molecular weight is 529 g/mol. The van der Waals surface area contributed by atoms with E-state index >= 15 is 0 Å². The fraction of sp³-hybridized carbons (Fsp3) is 0.536. The minimum Gasteiger partial charge on any atom is -0.496 e. The number of hydrogen-bond donors (Lipinski definition) is 1. The predicted molar refractivity (Wildman–Crippen MR) is 139 cm³/mol. The van der Waals surface area contributed by atoms with Crippen LogP contribution in [-0.4, -0.2) is 57.6 Å². The first-order valence-electron chi connectivity index (χ1n) is 13.2. The number of nitrogens with zero attached hydrogens (tertiary/aromatic N) is 1. The quantitative estimate of drug-likeness (QED) is 0.584. The van der Waals surface area contributed by atoms with Crippen LogP contribution < -0.4 is 14.8 Å². The SMILES string of the molecule is COc1ccc(S(=O)(=O)N2CCOCC2)cc1CCC(=O)N[C@H]1CC2(CCCCC2)Oc2ccccc21. The molecule has 37 heavy (non-hydrogen) atoms. The van der Waals surface area contributed by atoms with Crippen LogP contribution >= 0.6 is 0 Å². The van der Waals surface area contributed by atoms with Crippen LogP contribution in [0.3, 0.4) is 0 Å². The highest BCUT2D eigenvalue weighted by Crippen LogP contribution is 2.46. The van der Waals surface area contributed by atoms with E-state index in [2.05, 4.69) is 5.32 Å². The molecule has 2 fully saturated rings. The lowest BCUT2D eigenvalue weighted by Gasteiger charge is -2.44. The molecule has 1 atom stereocenters. The molecule has 9 heteroatoms. The van der Waals surface area contributed by atoms with E-state index in [4.69, 9.17) is 14.2 Å². The number of para-hydroxylation sites is 1. The van der Waals surface area contributed by atoms with Gasteiger partial charge in [0.05, 0.1) is 31.3 Å². The number of carbonyl (C=O) groups is 1. The molecular weight excluding hydrogens is 492 g/mol. The van der Waals surface area contributed by atoms with Gasteiger partial charge in [0.1, 0.15) is 17.1 Å². The molecule has 2 aromatic carbocycles. The van der Waals surface area contributed by atoms with Gasteiger partial charge in [-0.05, 0) is 61.9 Å². The number of aryl methyl sites for hydroxylation is 1. The van der Waals surface area contributed by atoms with Gasteiger partial charge < -0.3 is 19.5 Å². The number of amides is 1. The van der Waals surface area contributed by atoms with Crippen LogP contribution in [0, 0.1) is 0 Å². The normalized spacial score (nSPS) is 21.6. The number of rotatable bonds is 7. The van der Waals surface area contributed by atoms with Crippen molar-refractivity contribution in [1.29, 1.82) is 0 Å². The lowest BCUT2D eigenvalue weighted by atomic mass is 9.77. The molecule has 0 unspecified atom stereocenters. The van der Waals surface area contributed by atoms with Gasteiger partial charge in [-0.25, -0.2) is 8.42 Å². The van der Waals surface area contributed by atoms with E-state index in [1.165, 1.54) is 10.7 Å². The summed E-state index contributed by atoms with van der Waals surface area (Å²) in [5, 5.41) is 3.25. The van der Waals surface area contributed by atoms with Crippen molar-refractivity contribution in [2.45, 2.75) is 67.9 Å². The van der Waals surface area contributed by atoms with Crippen LogP contribution in [0.25, 0.3) is 0 Å². The van der Waals surface area contributed by atoms with Crippen molar-refractivity contribution in [3.63, 3.8) is 0 Å². The van der Waals surface area contributed by atoms with Gasteiger partial charge in [0, 0.05) is 31.5 Å². The van der Waals surface area contributed by atoms with Crippen LogP contribution in [0.4, 0.5) is 0 Å². The van der Waals surface area contributed by atoms with Crippen LogP contribution in [0.15, 0.2) is 47.4 Å². The molecule has 0 aromatic heterocycles. The fourth-order valence-electron chi connectivity index (χ4n) is 5.81. The summed E-state index contributed by atoms with van der Waals surface area (Å²) in [6.45, 7) is 1.44. The number of carbonyl (C=O) groups excluding carboxylic acids is 1. The molecule has 0 bridgehead atoms. The van der Waals surface area contributed by atoms with Gasteiger partial charge in [-0.15, -0.1) is 0 Å². The lowest BCUT2D eigenvalue weighted by Crippen LogP contribution is -2.46. The van der Waals surface area contributed by atoms with E-state index in [-0.39, 0.29) is 28.9 Å². The number of nitrogens with one attached hydrogen (secondary N) is 1. The van der Waals surface area contributed by atoms with Gasteiger partial charge in [-0.1, -0.05) is 24.6 Å². The van der Waals surface area contributed by atoms with Gasteiger partial charge in [0.15, 0.2) is 0 Å². The maximum Gasteiger partial charge on any atom is 0.243 e. The van der Waals surface area contributed by atoms with Crippen LogP contribution in [-0.2, 0) is 26.0 Å². The Balaban J connectivity index is 1.29. The Bertz CT molecular complexity index is 1220. The average Bonchev–Trinajstić information content (AvgIpc) is 2.92. The summed E-state index contributed by atoms with van der Waals surface area (Å²) in [7, 11) is -2.08. The Morgan fingerprint density at radius 3 is 2.62 bits per heavy atom. The van der Waals surface area contributed by atoms with E-state index < -0.39 is 10.0 Å². The third-order valence-corrected chi connectivity index (χ3v) is 9.67. The van der Waals surface area contributed by atoms with Crippen LogP contribution in [0.2, 0.25) is 0 Å². The third-order valence-electron chi connectivity index (χ3n) is 7.78. The molecule has 1 N–H and O–H groups in total. The molecule has 2 aliphatic heterocycles. The standard InChI is InChI=1S/C28H36N2O6S/c1-34-25-11-10-22(37(32,33)30-15-17-35-18-16-30)19-21(25)9-12-27(31)29-24-20-28(13-5-2-6-14-28)36-26-8-4-3-7-23(24)26/h3-4,7-8,10-11,19,24H,2,5-6,9,12-18,20H2,1H3,(H,29,31)/t24-/m0/s1. The van der Waals surface area contributed by atoms with Gasteiger partial charge in [-0.2, -0.15) is 4.31 Å². The van der Waals surface area contributed by atoms with Crippen LogP contribution in [0.5, 0.6) is 11.5 Å². The molecule has 1 saturated heterocycles. The van der Waals surface area contributed by atoms with Gasteiger partial charge in [-0.3, -0.25) is 4.79 Å². The molecule has 1 amide bonds. The molecule has 2 heterocycles. The summed E-state index contributed by atoms with van der Waals surface area (Å²) < 4.78 is 45.0. The molecule has 1 saturated carbocycles. The van der Waals surface area contributed by atoms with Crippen molar-refractivity contribution >= 4 is 15.9 Å². The van der Waals surface area contributed by atoms with Crippen molar-refractivity contribution in [2.75, 3.05) is 33.4 Å². The van der Waals surface area contributed by atoms with Gasteiger partial charge >= 0.3 is 0 Å². The second-order valence-electron chi connectivity index (χ2n) is 10.2. The largest absolute Gasteiger partial charge is 0.496 e. The van der Waals surface area contributed by atoms with E-state index in [9.17, 15) is 13.2 Å². The summed E-state index contributed by atoms with van der Waals surface area (Å²) in [6, 6.07) is 12.7. The highest BCUT2D eigenvalue weighted by Gasteiger charge is 2.42. The number of fused-ring (bicyclic) bond motifs is 1. The second-order valence-corrected chi connectivity index (χ2v) is 12.1. The molecular formula is C28H36N2O6S. The maximum absolute atomic E-state index is 13.2. The third kappa shape index (κ3) is 5.63. The smallest absolute Gasteiger partial charge is 0.243 e. The topological polar surface area (TPSA) is 94.2 Å². The number of morpholine rings is 1. The molecule has 0 radical (unpaired) electrons. The summed E-state index contributed by atoms with van der Waals surface area (Å²) in [4.78, 5) is 13.4. The first-order chi connectivity index (χ1) is 17.9. The first-order valence-corrected chi connectivity index (χ1v) is 14.7. The number of benzene rings is 2. The van der Waals surface area contributed by atoms with E-state index in [1.54, 1.807) is 25.3 Å². The van der Waals surface area contributed by atoms with Crippen molar-refractivity contribution in [3.8, 4) is 11.5 Å². The summed E-state index contributed by atoms with van der Waals surface area (Å²) >= 11 is 0. The Hall–Kier alpha value is -2.62. The number of sulfonamides is 1. The van der Waals surface area contributed by atoms with Crippen molar-refractivity contribution in [2.24, 2.45) is 0 Å². The van der Waals surface area contributed by atoms with Gasteiger partial charge in [0.2, 0.25) is 15.9 Å². The number of ether oxygens (including phenoxy) is 3. The zero-order valence-electron chi connectivity index (χ0n) is 21.4. The Kier molecular flexibility index (Phi) is 7.74. The second kappa shape index (κ2) is 11.0. The highest BCUT2D eigenvalue weighted by molar-refractivity contribution is 7.89. The highest BCUT2D eigenvalue weighted by atomic mass is 32.2. The molecule has 5 rings (SSSR count). The molecule has 1 aliphatic carbocycles. The number of hydrogen-bond acceptors (Lipinski definition) is 6. The monoisotopic (exact) mass is 528 g/mol. The maximum atomic E-state index is 13.2. The Morgan fingerprint density at radius 2 is 1.86 bits per heavy atom. The van der Waals surface area contributed by atoms with Crippen molar-refractivity contribution in [3.05, 3.63) is 53.6 Å². The number of methoxy groups -OCH3 is 1. The van der Waals surface area contributed by atoms with E-state index in [0.717, 1.165) is 43.4 Å². The molecule has 200 valence electrons. The Labute approximate surface area is 219 Å².